The van der Waals surface area contributed by atoms with Crippen LogP contribution >= 0.6 is 0 Å². The summed E-state index contributed by atoms with van der Waals surface area (Å²) >= 11 is 0. The topological polar surface area (TPSA) is 137 Å². The monoisotopic (exact) mass is 420 g/mol. The third-order valence-corrected chi connectivity index (χ3v) is 5.12. The first-order valence-electron chi connectivity index (χ1n) is 9.70. The van der Waals surface area contributed by atoms with Gasteiger partial charge in [0.05, 0.1) is 17.3 Å². The molecular formula is C22H20N4O5. The summed E-state index contributed by atoms with van der Waals surface area (Å²) in [6.45, 7) is -0.511. The summed E-state index contributed by atoms with van der Waals surface area (Å²) in [4.78, 5) is 54.5. The van der Waals surface area contributed by atoms with Crippen LogP contribution < -0.4 is 16.6 Å². The number of hydrogen-bond donors (Lipinski definition) is 4. The molecule has 158 valence electrons. The van der Waals surface area contributed by atoms with Crippen molar-refractivity contribution in [1.29, 1.82) is 0 Å². The van der Waals surface area contributed by atoms with E-state index in [9.17, 15) is 24.3 Å². The number of para-hydroxylation sites is 2. The van der Waals surface area contributed by atoms with Gasteiger partial charge in [-0.15, -0.1) is 0 Å². The van der Waals surface area contributed by atoms with Gasteiger partial charge in [-0.3, -0.25) is 19.0 Å². The van der Waals surface area contributed by atoms with Crippen LogP contribution in [0.3, 0.4) is 0 Å². The van der Waals surface area contributed by atoms with Gasteiger partial charge in [-0.05, 0) is 30.2 Å². The van der Waals surface area contributed by atoms with Crippen LogP contribution in [0.15, 0.2) is 64.3 Å². The summed E-state index contributed by atoms with van der Waals surface area (Å²) in [6, 6.07) is 13.4. The number of carboxylic acids is 1. The average molecular weight is 420 g/mol. The first kappa shape index (κ1) is 20.1. The Balaban J connectivity index is 1.56. The normalized spacial score (nSPS) is 12.1. The molecule has 9 heteroatoms. The molecule has 0 bridgehead atoms. The number of nitrogens with one attached hydrogen (secondary N) is 3. The maximum absolute atomic E-state index is 12.6. The zero-order valence-corrected chi connectivity index (χ0v) is 16.4. The number of aliphatic carboxylic acids is 1. The Kier molecular flexibility index (Phi) is 5.40. The lowest BCUT2D eigenvalue weighted by molar-refractivity contribution is -0.137. The molecule has 0 unspecified atom stereocenters. The SMILES string of the molecule is O=C(O)C[C@H](Cc1c[nH]c2ccccc12)NC(=O)Cn1c(=O)[nH]c2ccccc2c1=O. The van der Waals surface area contributed by atoms with Crippen LogP contribution in [0.5, 0.6) is 0 Å². The van der Waals surface area contributed by atoms with Gasteiger partial charge in [0.15, 0.2) is 0 Å². The number of carbonyl (C=O) groups is 2. The summed E-state index contributed by atoms with van der Waals surface area (Å²) in [5.74, 6) is -1.68. The van der Waals surface area contributed by atoms with Crippen molar-refractivity contribution in [2.45, 2.75) is 25.4 Å². The second-order valence-corrected chi connectivity index (χ2v) is 7.29. The molecular weight excluding hydrogens is 400 g/mol. The minimum absolute atomic E-state index is 0.283. The Labute approximate surface area is 175 Å². The smallest absolute Gasteiger partial charge is 0.329 e. The van der Waals surface area contributed by atoms with E-state index >= 15 is 0 Å². The Morgan fingerprint density at radius 2 is 1.68 bits per heavy atom. The van der Waals surface area contributed by atoms with Crippen molar-refractivity contribution < 1.29 is 14.7 Å². The van der Waals surface area contributed by atoms with Crippen molar-refractivity contribution >= 4 is 33.7 Å². The predicted molar refractivity (Wildman–Crippen MR) is 115 cm³/mol. The molecule has 0 aliphatic heterocycles. The summed E-state index contributed by atoms with van der Waals surface area (Å²) < 4.78 is 0.807. The van der Waals surface area contributed by atoms with Gasteiger partial charge in [-0.25, -0.2) is 4.79 Å². The second kappa shape index (κ2) is 8.31. The minimum atomic E-state index is -1.06. The fraction of sp³-hybridized carbons (Fsp3) is 0.182. The zero-order valence-electron chi connectivity index (χ0n) is 16.4. The standard InChI is InChI=1S/C22H20N4O5/c27-19(12-26-21(30)16-6-2-4-8-18(16)25-22(26)31)24-14(10-20(28)29)9-13-11-23-17-7-3-1-5-15(13)17/h1-8,11,14,23H,9-10,12H2,(H,24,27)(H,25,31)(H,28,29)/t14-/m0/s1. The van der Waals surface area contributed by atoms with E-state index in [0.717, 1.165) is 21.0 Å². The number of benzene rings is 2. The van der Waals surface area contributed by atoms with Gasteiger partial charge in [0.2, 0.25) is 5.91 Å². The molecule has 0 fully saturated rings. The summed E-state index contributed by atoms with van der Waals surface area (Å²) in [7, 11) is 0. The summed E-state index contributed by atoms with van der Waals surface area (Å²) in [5, 5.41) is 13.1. The van der Waals surface area contributed by atoms with E-state index in [4.69, 9.17) is 0 Å². The van der Waals surface area contributed by atoms with Crippen LogP contribution in [0.1, 0.15) is 12.0 Å². The number of fused-ring (bicyclic) bond motifs is 2. The fourth-order valence-corrected chi connectivity index (χ4v) is 3.71. The minimum Gasteiger partial charge on any atom is -0.481 e. The summed E-state index contributed by atoms with van der Waals surface area (Å²) in [6.07, 6.45) is 1.77. The first-order valence-corrected chi connectivity index (χ1v) is 9.70. The highest BCUT2D eigenvalue weighted by Gasteiger charge is 2.20. The number of aromatic amines is 2. The van der Waals surface area contributed by atoms with Gasteiger partial charge in [-0.2, -0.15) is 0 Å². The predicted octanol–water partition coefficient (Wildman–Crippen LogP) is 1.37. The Morgan fingerprint density at radius 1 is 1.00 bits per heavy atom. The van der Waals surface area contributed by atoms with E-state index in [-0.39, 0.29) is 18.2 Å². The van der Waals surface area contributed by atoms with Crippen LogP contribution in [0.2, 0.25) is 0 Å². The van der Waals surface area contributed by atoms with E-state index in [1.807, 2.05) is 24.3 Å². The third kappa shape index (κ3) is 4.25. The molecule has 4 N–H and O–H groups in total. The molecule has 0 radical (unpaired) electrons. The number of rotatable bonds is 7. The molecule has 4 rings (SSSR count). The van der Waals surface area contributed by atoms with Crippen LogP contribution in [-0.4, -0.2) is 37.6 Å². The Morgan fingerprint density at radius 3 is 2.42 bits per heavy atom. The van der Waals surface area contributed by atoms with E-state index < -0.39 is 35.7 Å². The number of nitrogens with zero attached hydrogens (tertiary/aromatic N) is 1. The molecule has 1 amide bonds. The molecule has 0 aliphatic rings. The van der Waals surface area contributed by atoms with Gasteiger partial charge in [0, 0.05) is 23.1 Å². The highest BCUT2D eigenvalue weighted by Crippen LogP contribution is 2.19. The Hall–Kier alpha value is -4.14. The molecule has 2 heterocycles. The van der Waals surface area contributed by atoms with Crippen molar-refractivity contribution in [2.75, 3.05) is 0 Å². The van der Waals surface area contributed by atoms with Crippen LogP contribution in [0, 0.1) is 0 Å². The van der Waals surface area contributed by atoms with Gasteiger partial charge in [-0.1, -0.05) is 30.3 Å². The van der Waals surface area contributed by atoms with Crippen LogP contribution in [0.25, 0.3) is 21.8 Å². The molecule has 4 aromatic rings. The van der Waals surface area contributed by atoms with Crippen molar-refractivity contribution in [1.82, 2.24) is 19.9 Å². The number of hydrogen-bond acceptors (Lipinski definition) is 4. The van der Waals surface area contributed by atoms with Gasteiger partial charge in [0.1, 0.15) is 6.54 Å². The average Bonchev–Trinajstić information content (AvgIpc) is 3.13. The first-order chi connectivity index (χ1) is 14.9. The number of carboxylic acid groups (broad SMARTS) is 1. The van der Waals surface area contributed by atoms with Crippen LogP contribution in [-0.2, 0) is 22.6 Å². The van der Waals surface area contributed by atoms with Gasteiger partial charge in [0.25, 0.3) is 5.56 Å². The zero-order chi connectivity index (χ0) is 22.0. The number of H-pyrrole nitrogens is 2. The Bertz CT molecular complexity index is 1400. The summed E-state index contributed by atoms with van der Waals surface area (Å²) in [5.41, 5.74) is 0.874. The molecule has 31 heavy (non-hydrogen) atoms. The molecule has 9 nitrogen and oxygen atoms in total. The largest absolute Gasteiger partial charge is 0.481 e. The van der Waals surface area contributed by atoms with Crippen molar-refractivity contribution in [3.05, 3.63) is 81.1 Å². The molecule has 0 spiro atoms. The van der Waals surface area contributed by atoms with E-state index in [1.165, 1.54) is 0 Å². The maximum atomic E-state index is 12.6. The highest BCUT2D eigenvalue weighted by molar-refractivity contribution is 5.84. The molecule has 2 aromatic carbocycles. The van der Waals surface area contributed by atoms with E-state index in [1.54, 1.807) is 30.5 Å². The fourth-order valence-electron chi connectivity index (χ4n) is 3.71. The van der Waals surface area contributed by atoms with Gasteiger partial charge < -0.3 is 20.4 Å². The van der Waals surface area contributed by atoms with Crippen LogP contribution in [0.4, 0.5) is 0 Å². The van der Waals surface area contributed by atoms with Crippen molar-refractivity contribution in [3.63, 3.8) is 0 Å². The lowest BCUT2D eigenvalue weighted by Crippen LogP contribution is -2.44. The second-order valence-electron chi connectivity index (χ2n) is 7.29. The quantitative estimate of drug-likeness (QED) is 0.358. The van der Waals surface area contributed by atoms with E-state index in [2.05, 4.69) is 15.3 Å². The van der Waals surface area contributed by atoms with E-state index in [0.29, 0.717) is 5.52 Å². The molecule has 1 atom stereocenters. The lowest BCUT2D eigenvalue weighted by atomic mass is 10.0. The number of amides is 1. The number of aromatic nitrogens is 3. The molecule has 0 saturated carbocycles. The van der Waals surface area contributed by atoms with Gasteiger partial charge >= 0.3 is 11.7 Å². The highest BCUT2D eigenvalue weighted by atomic mass is 16.4. The molecule has 2 aromatic heterocycles. The molecule has 0 aliphatic carbocycles. The maximum Gasteiger partial charge on any atom is 0.329 e. The van der Waals surface area contributed by atoms with Crippen molar-refractivity contribution in [3.8, 4) is 0 Å². The molecule has 0 saturated heterocycles. The number of carbonyl (C=O) groups excluding carboxylic acids is 1. The lowest BCUT2D eigenvalue weighted by Gasteiger charge is -2.17. The van der Waals surface area contributed by atoms with Crippen molar-refractivity contribution in [2.24, 2.45) is 0 Å². The third-order valence-electron chi connectivity index (χ3n) is 5.12.